The fourth-order valence-electron chi connectivity index (χ4n) is 2.46. The van der Waals surface area contributed by atoms with Crippen LogP contribution in [-0.2, 0) is 13.1 Å². The van der Waals surface area contributed by atoms with Crippen LogP contribution in [0.3, 0.4) is 0 Å². The second-order valence-electron chi connectivity index (χ2n) is 4.60. The quantitative estimate of drug-likeness (QED) is 0.825. The average molecular weight is 237 g/mol. The lowest BCUT2D eigenvalue weighted by Crippen LogP contribution is -2.42. The number of rotatable bonds is 5. The Morgan fingerprint density at radius 2 is 2.12 bits per heavy atom. The van der Waals surface area contributed by atoms with Crippen LogP contribution in [0.25, 0.3) is 0 Å². The van der Waals surface area contributed by atoms with E-state index in [0.29, 0.717) is 6.04 Å². The first-order valence-corrected chi connectivity index (χ1v) is 6.66. The number of piperidine rings is 1. The summed E-state index contributed by atoms with van der Waals surface area (Å²) in [7, 11) is 0. The molecular weight excluding hydrogens is 214 g/mol. The monoisotopic (exact) mass is 237 g/mol. The molecule has 1 aliphatic rings. The molecule has 1 aromatic rings. The van der Waals surface area contributed by atoms with Crippen molar-refractivity contribution < 1.29 is 0 Å². The summed E-state index contributed by atoms with van der Waals surface area (Å²) in [5.41, 5.74) is 0. The van der Waals surface area contributed by atoms with Crippen LogP contribution in [0.15, 0.2) is 6.33 Å². The van der Waals surface area contributed by atoms with Crippen LogP contribution >= 0.6 is 0 Å². The molecule has 0 radical (unpaired) electrons. The van der Waals surface area contributed by atoms with Gasteiger partial charge in [-0.15, -0.1) is 0 Å². The molecule has 0 saturated carbocycles. The number of hydrogen-bond donors (Lipinski definition) is 1. The van der Waals surface area contributed by atoms with Crippen LogP contribution in [0, 0.1) is 0 Å². The molecule has 1 saturated heterocycles. The Balaban J connectivity index is 1.82. The SMILES string of the molecule is CCNC1CCN(Cc2ncnn2CC)CC1. The van der Waals surface area contributed by atoms with Crippen LogP contribution in [0.2, 0.25) is 0 Å². The molecule has 2 rings (SSSR count). The van der Waals surface area contributed by atoms with Crippen LogP contribution in [0.1, 0.15) is 32.5 Å². The Labute approximate surface area is 103 Å². The molecule has 0 bridgehead atoms. The summed E-state index contributed by atoms with van der Waals surface area (Å²) in [4.78, 5) is 6.81. The summed E-state index contributed by atoms with van der Waals surface area (Å²) in [6.45, 7) is 9.53. The first kappa shape index (κ1) is 12.5. The molecule has 5 heteroatoms. The van der Waals surface area contributed by atoms with Gasteiger partial charge in [-0.2, -0.15) is 5.10 Å². The predicted molar refractivity (Wildman–Crippen MR) is 67.7 cm³/mol. The highest BCUT2D eigenvalue weighted by Gasteiger charge is 2.19. The van der Waals surface area contributed by atoms with E-state index in [0.717, 1.165) is 38.5 Å². The minimum absolute atomic E-state index is 0.709. The van der Waals surface area contributed by atoms with Crippen molar-refractivity contribution in [3.8, 4) is 0 Å². The predicted octanol–water partition coefficient (Wildman–Crippen LogP) is 0.872. The summed E-state index contributed by atoms with van der Waals surface area (Å²) in [6, 6.07) is 0.709. The van der Waals surface area contributed by atoms with E-state index in [1.165, 1.54) is 12.8 Å². The molecule has 96 valence electrons. The van der Waals surface area contributed by atoms with Crippen molar-refractivity contribution in [1.82, 2.24) is 25.0 Å². The maximum atomic E-state index is 4.33. The average Bonchev–Trinajstić information content (AvgIpc) is 2.79. The van der Waals surface area contributed by atoms with Gasteiger partial charge in [0.1, 0.15) is 12.2 Å². The van der Waals surface area contributed by atoms with Gasteiger partial charge in [0.15, 0.2) is 0 Å². The number of hydrogen-bond acceptors (Lipinski definition) is 4. The molecule has 0 atom stereocenters. The van der Waals surface area contributed by atoms with Gasteiger partial charge < -0.3 is 5.32 Å². The van der Waals surface area contributed by atoms with Gasteiger partial charge in [0, 0.05) is 25.7 Å². The van der Waals surface area contributed by atoms with Crippen molar-refractivity contribution in [2.75, 3.05) is 19.6 Å². The standard InChI is InChI=1S/C12H23N5/c1-3-13-11-5-7-16(8-6-11)9-12-14-10-15-17(12)4-2/h10-11,13H,3-9H2,1-2H3. The minimum Gasteiger partial charge on any atom is -0.314 e. The smallest absolute Gasteiger partial charge is 0.140 e. The summed E-state index contributed by atoms with van der Waals surface area (Å²) in [6.07, 6.45) is 4.15. The first-order chi connectivity index (χ1) is 8.33. The molecule has 0 unspecified atom stereocenters. The number of nitrogens with one attached hydrogen (secondary N) is 1. The van der Waals surface area contributed by atoms with Crippen molar-refractivity contribution in [2.45, 2.75) is 45.8 Å². The second kappa shape index (κ2) is 6.12. The number of aromatic nitrogens is 3. The summed E-state index contributed by atoms with van der Waals surface area (Å²) < 4.78 is 1.98. The zero-order valence-corrected chi connectivity index (χ0v) is 10.9. The van der Waals surface area contributed by atoms with Crippen molar-refractivity contribution in [2.24, 2.45) is 0 Å². The largest absolute Gasteiger partial charge is 0.314 e. The molecule has 0 aliphatic carbocycles. The van der Waals surface area contributed by atoms with Gasteiger partial charge in [-0.3, -0.25) is 4.90 Å². The van der Waals surface area contributed by atoms with Gasteiger partial charge in [0.25, 0.3) is 0 Å². The van der Waals surface area contributed by atoms with E-state index in [9.17, 15) is 0 Å². The zero-order chi connectivity index (χ0) is 12.1. The van der Waals surface area contributed by atoms with E-state index in [-0.39, 0.29) is 0 Å². The Kier molecular flexibility index (Phi) is 4.50. The second-order valence-corrected chi connectivity index (χ2v) is 4.60. The highest BCUT2D eigenvalue weighted by Crippen LogP contribution is 2.12. The van der Waals surface area contributed by atoms with E-state index in [2.05, 4.69) is 34.1 Å². The van der Waals surface area contributed by atoms with Crippen molar-refractivity contribution in [3.05, 3.63) is 12.2 Å². The van der Waals surface area contributed by atoms with E-state index in [1.807, 2.05) is 4.68 Å². The van der Waals surface area contributed by atoms with Crippen molar-refractivity contribution in [3.63, 3.8) is 0 Å². The molecule has 1 aliphatic heterocycles. The molecule has 0 amide bonds. The first-order valence-electron chi connectivity index (χ1n) is 6.66. The molecule has 0 aromatic carbocycles. The number of likely N-dealkylation sites (tertiary alicyclic amines) is 1. The summed E-state index contributed by atoms with van der Waals surface area (Å²) in [5.74, 6) is 1.09. The Bertz CT molecular complexity index is 327. The molecule has 1 fully saturated rings. The van der Waals surface area contributed by atoms with Gasteiger partial charge in [0.2, 0.25) is 0 Å². The topological polar surface area (TPSA) is 46.0 Å². The zero-order valence-electron chi connectivity index (χ0n) is 10.9. The molecular formula is C12H23N5. The van der Waals surface area contributed by atoms with E-state index in [1.54, 1.807) is 6.33 Å². The summed E-state index contributed by atoms with van der Waals surface area (Å²) >= 11 is 0. The van der Waals surface area contributed by atoms with Crippen molar-refractivity contribution >= 4 is 0 Å². The van der Waals surface area contributed by atoms with Crippen molar-refractivity contribution in [1.29, 1.82) is 0 Å². The van der Waals surface area contributed by atoms with Crippen LogP contribution in [0.5, 0.6) is 0 Å². The lowest BCUT2D eigenvalue weighted by molar-refractivity contribution is 0.185. The van der Waals surface area contributed by atoms with Gasteiger partial charge in [-0.05, 0) is 26.3 Å². The third kappa shape index (κ3) is 3.26. The molecule has 5 nitrogen and oxygen atoms in total. The molecule has 2 heterocycles. The Hall–Kier alpha value is -0.940. The van der Waals surface area contributed by atoms with Gasteiger partial charge in [0.05, 0.1) is 6.54 Å². The fourth-order valence-corrected chi connectivity index (χ4v) is 2.46. The van der Waals surface area contributed by atoms with Crippen LogP contribution in [0.4, 0.5) is 0 Å². The van der Waals surface area contributed by atoms with E-state index in [4.69, 9.17) is 0 Å². The van der Waals surface area contributed by atoms with Crippen LogP contribution in [-0.4, -0.2) is 45.3 Å². The third-order valence-electron chi connectivity index (χ3n) is 3.44. The van der Waals surface area contributed by atoms with E-state index < -0.39 is 0 Å². The third-order valence-corrected chi connectivity index (χ3v) is 3.44. The van der Waals surface area contributed by atoms with Crippen LogP contribution < -0.4 is 5.32 Å². The summed E-state index contributed by atoms with van der Waals surface area (Å²) in [5, 5.41) is 7.74. The molecule has 17 heavy (non-hydrogen) atoms. The Morgan fingerprint density at radius 1 is 1.35 bits per heavy atom. The molecule has 1 aromatic heterocycles. The lowest BCUT2D eigenvalue weighted by atomic mass is 10.1. The highest BCUT2D eigenvalue weighted by atomic mass is 15.3. The Morgan fingerprint density at radius 3 is 2.76 bits per heavy atom. The number of aryl methyl sites for hydroxylation is 1. The fraction of sp³-hybridized carbons (Fsp3) is 0.833. The lowest BCUT2D eigenvalue weighted by Gasteiger charge is -2.31. The van der Waals surface area contributed by atoms with Gasteiger partial charge >= 0.3 is 0 Å². The van der Waals surface area contributed by atoms with Gasteiger partial charge in [-0.1, -0.05) is 6.92 Å². The molecule has 0 spiro atoms. The number of nitrogens with zero attached hydrogens (tertiary/aromatic N) is 4. The normalized spacial score (nSPS) is 18.7. The van der Waals surface area contributed by atoms with E-state index >= 15 is 0 Å². The maximum Gasteiger partial charge on any atom is 0.140 e. The maximum absolute atomic E-state index is 4.33. The van der Waals surface area contributed by atoms with Gasteiger partial charge in [-0.25, -0.2) is 9.67 Å². The minimum atomic E-state index is 0.709. The molecule has 1 N–H and O–H groups in total. The highest BCUT2D eigenvalue weighted by molar-refractivity contribution is 4.86.